The zero-order chi connectivity index (χ0) is 13.7. The average molecular weight is 250 g/mol. The minimum absolute atomic E-state index is 0.157. The lowest BCUT2D eigenvalue weighted by molar-refractivity contribution is -0.138. The summed E-state index contributed by atoms with van der Waals surface area (Å²) in [5.74, 6) is -1.04. The Morgan fingerprint density at radius 3 is 2.56 bits per heavy atom. The Bertz CT molecular complexity index is 458. The summed E-state index contributed by atoms with van der Waals surface area (Å²) in [7, 11) is 0. The molecule has 0 aliphatic carbocycles. The molecule has 0 heterocycles. The Morgan fingerprint density at radius 2 is 2.06 bits per heavy atom. The van der Waals surface area contributed by atoms with Gasteiger partial charge in [0.15, 0.2) is 0 Å². The number of carboxylic acid groups (broad SMARTS) is 1. The molecule has 98 valence electrons. The molecule has 0 fully saturated rings. The number of nitrogens with one attached hydrogen (secondary N) is 2. The van der Waals surface area contributed by atoms with Gasteiger partial charge in [-0.2, -0.15) is 0 Å². The number of anilines is 2. The van der Waals surface area contributed by atoms with E-state index in [9.17, 15) is 9.59 Å². The molecule has 1 amide bonds. The van der Waals surface area contributed by atoms with E-state index in [1.807, 2.05) is 13.0 Å². The van der Waals surface area contributed by atoms with Crippen LogP contribution < -0.4 is 10.6 Å². The van der Waals surface area contributed by atoms with Gasteiger partial charge < -0.3 is 15.7 Å². The van der Waals surface area contributed by atoms with Gasteiger partial charge in [-0.25, -0.2) is 4.79 Å². The largest absolute Gasteiger partial charge is 0.480 e. The topological polar surface area (TPSA) is 78.4 Å². The molecule has 0 aliphatic heterocycles. The second kappa shape index (κ2) is 6.05. The molecule has 0 aromatic heterocycles. The lowest BCUT2D eigenvalue weighted by atomic mass is 10.1. The van der Waals surface area contributed by atoms with Crippen LogP contribution in [0.2, 0.25) is 0 Å². The number of carbonyl (C=O) groups excluding carboxylic acids is 1. The Hall–Kier alpha value is -2.04. The number of aliphatic carboxylic acids is 1. The van der Waals surface area contributed by atoms with Crippen molar-refractivity contribution in [3.8, 4) is 0 Å². The van der Waals surface area contributed by atoms with Gasteiger partial charge in [0.05, 0.1) is 0 Å². The number of aryl methyl sites for hydroxylation is 1. The number of carbonyl (C=O) groups is 2. The van der Waals surface area contributed by atoms with Crippen LogP contribution in [0.4, 0.5) is 11.4 Å². The molecule has 0 spiro atoms. The number of benzene rings is 1. The summed E-state index contributed by atoms with van der Waals surface area (Å²) < 4.78 is 0. The quantitative estimate of drug-likeness (QED) is 0.748. The second-order valence-corrected chi connectivity index (χ2v) is 4.15. The molecule has 1 atom stereocenters. The summed E-state index contributed by atoms with van der Waals surface area (Å²) in [6.07, 6.45) is 0.485. The minimum Gasteiger partial charge on any atom is -0.480 e. The summed E-state index contributed by atoms with van der Waals surface area (Å²) in [4.78, 5) is 21.9. The van der Waals surface area contributed by atoms with Crippen molar-refractivity contribution in [3.05, 3.63) is 23.8 Å². The number of carboxylic acids is 1. The molecular formula is C13H18N2O3. The van der Waals surface area contributed by atoms with E-state index < -0.39 is 12.0 Å². The summed E-state index contributed by atoms with van der Waals surface area (Å²) in [6, 6.07) is 4.73. The maximum absolute atomic E-state index is 11.0. The van der Waals surface area contributed by atoms with Crippen molar-refractivity contribution in [2.45, 2.75) is 33.2 Å². The van der Waals surface area contributed by atoms with E-state index in [2.05, 4.69) is 10.6 Å². The van der Waals surface area contributed by atoms with Crippen LogP contribution in [0.15, 0.2) is 18.2 Å². The van der Waals surface area contributed by atoms with E-state index >= 15 is 0 Å². The van der Waals surface area contributed by atoms with Crippen LogP contribution in [-0.2, 0) is 9.59 Å². The van der Waals surface area contributed by atoms with E-state index in [-0.39, 0.29) is 5.91 Å². The number of amides is 1. The van der Waals surface area contributed by atoms with Crippen molar-refractivity contribution in [1.29, 1.82) is 0 Å². The fourth-order valence-corrected chi connectivity index (χ4v) is 1.58. The predicted molar refractivity (Wildman–Crippen MR) is 70.8 cm³/mol. The minimum atomic E-state index is -0.887. The smallest absolute Gasteiger partial charge is 0.326 e. The highest BCUT2D eigenvalue weighted by Crippen LogP contribution is 2.21. The Kier molecular flexibility index (Phi) is 4.71. The number of hydrogen-bond acceptors (Lipinski definition) is 3. The lowest BCUT2D eigenvalue weighted by Crippen LogP contribution is -2.28. The van der Waals surface area contributed by atoms with Crippen molar-refractivity contribution in [2.24, 2.45) is 0 Å². The first-order valence-electron chi connectivity index (χ1n) is 5.81. The molecule has 1 aromatic rings. The second-order valence-electron chi connectivity index (χ2n) is 4.15. The SMILES string of the molecule is CCC(Nc1cc(NC(C)=O)ccc1C)C(=O)O. The van der Waals surface area contributed by atoms with E-state index in [0.29, 0.717) is 12.1 Å². The van der Waals surface area contributed by atoms with Gasteiger partial charge in [0.25, 0.3) is 0 Å². The first kappa shape index (κ1) is 14.0. The fraction of sp³-hybridized carbons (Fsp3) is 0.385. The van der Waals surface area contributed by atoms with Crippen LogP contribution in [0.1, 0.15) is 25.8 Å². The number of hydrogen-bond donors (Lipinski definition) is 3. The fourth-order valence-electron chi connectivity index (χ4n) is 1.58. The van der Waals surface area contributed by atoms with Crippen LogP contribution in [0, 0.1) is 6.92 Å². The van der Waals surface area contributed by atoms with Crippen LogP contribution in [-0.4, -0.2) is 23.0 Å². The average Bonchev–Trinajstić information content (AvgIpc) is 2.28. The van der Waals surface area contributed by atoms with Gasteiger partial charge in [0.2, 0.25) is 5.91 Å². The molecular weight excluding hydrogens is 232 g/mol. The standard InChI is InChI=1S/C13H18N2O3/c1-4-11(13(17)18)15-12-7-10(14-9(3)16)6-5-8(12)2/h5-7,11,15H,4H2,1-3H3,(H,14,16)(H,17,18). The highest BCUT2D eigenvalue weighted by Gasteiger charge is 2.15. The first-order valence-corrected chi connectivity index (χ1v) is 5.81. The van der Waals surface area contributed by atoms with Crippen molar-refractivity contribution >= 4 is 23.3 Å². The first-order chi connectivity index (χ1) is 8.43. The molecule has 5 heteroatoms. The van der Waals surface area contributed by atoms with E-state index in [1.165, 1.54) is 6.92 Å². The molecule has 0 radical (unpaired) electrons. The van der Waals surface area contributed by atoms with Gasteiger partial charge in [-0.15, -0.1) is 0 Å². The number of rotatable bonds is 5. The van der Waals surface area contributed by atoms with Gasteiger partial charge in [0.1, 0.15) is 6.04 Å². The molecule has 1 unspecified atom stereocenters. The Balaban J connectivity index is 2.93. The molecule has 5 nitrogen and oxygen atoms in total. The van der Waals surface area contributed by atoms with Gasteiger partial charge in [-0.05, 0) is 31.0 Å². The monoisotopic (exact) mass is 250 g/mol. The summed E-state index contributed by atoms with van der Waals surface area (Å²) >= 11 is 0. The van der Waals surface area contributed by atoms with Gasteiger partial charge in [-0.1, -0.05) is 13.0 Å². The van der Waals surface area contributed by atoms with Crippen LogP contribution in [0.5, 0.6) is 0 Å². The van der Waals surface area contributed by atoms with E-state index in [0.717, 1.165) is 11.3 Å². The van der Waals surface area contributed by atoms with E-state index in [1.54, 1.807) is 19.1 Å². The summed E-state index contributed by atoms with van der Waals surface area (Å²) in [5.41, 5.74) is 2.30. The zero-order valence-electron chi connectivity index (χ0n) is 10.8. The molecule has 0 saturated heterocycles. The van der Waals surface area contributed by atoms with Crippen molar-refractivity contribution in [3.63, 3.8) is 0 Å². The Morgan fingerprint density at radius 1 is 1.39 bits per heavy atom. The predicted octanol–water partition coefficient (Wildman–Crippen LogP) is 2.23. The third-order valence-electron chi connectivity index (χ3n) is 2.59. The summed E-state index contributed by atoms with van der Waals surface area (Å²) in [6.45, 7) is 5.12. The van der Waals surface area contributed by atoms with Gasteiger partial charge in [0, 0.05) is 18.3 Å². The zero-order valence-corrected chi connectivity index (χ0v) is 10.8. The van der Waals surface area contributed by atoms with Crippen molar-refractivity contribution < 1.29 is 14.7 Å². The van der Waals surface area contributed by atoms with Gasteiger partial charge in [-0.3, -0.25) is 4.79 Å². The maximum atomic E-state index is 11.0. The molecule has 3 N–H and O–H groups in total. The molecule has 18 heavy (non-hydrogen) atoms. The van der Waals surface area contributed by atoms with Gasteiger partial charge >= 0.3 is 5.97 Å². The molecule has 1 rings (SSSR count). The van der Waals surface area contributed by atoms with Crippen molar-refractivity contribution in [1.82, 2.24) is 0 Å². The molecule has 0 saturated carbocycles. The van der Waals surface area contributed by atoms with Crippen LogP contribution in [0.3, 0.4) is 0 Å². The lowest BCUT2D eigenvalue weighted by Gasteiger charge is -2.16. The van der Waals surface area contributed by atoms with Crippen LogP contribution >= 0.6 is 0 Å². The van der Waals surface area contributed by atoms with Crippen LogP contribution in [0.25, 0.3) is 0 Å². The van der Waals surface area contributed by atoms with E-state index in [4.69, 9.17) is 5.11 Å². The highest BCUT2D eigenvalue weighted by molar-refractivity contribution is 5.89. The Labute approximate surface area is 106 Å². The highest BCUT2D eigenvalue weighted by atomic mass is 16.4. The third kappa shape index (κ3) is 3.76. The maximum Gasteiger partial charge on any atom is 0.326 e. The van der Waals surface area contributed by atoms with Crippen molar-refractivity contribution in [2.75, 3.05) is 10.6 Å². The molecule has 0 bridgehead atoms. The third-order valence-corrected chi connectivity index (χ3v) is 2.59. The normalized spacial score (nSPS) is 11.7. The molecule has 1 aromatic carbocycles. The summed E-state index contributed by atoms with van der Waals surface area (Å²) in [5, 5.41) is 14.6. The molecule has 0 aliphatic rings.